The van der Waals surface area contributed by atoms with E-state index in [-0.39, 0.29) is 0 Å². The van der Waals surface area contributed by atoms with Crippen molar-refractivity contribution in [1.82, 2.24) is 0 Å². The van der Waals surface area contributed by atoms with Crippen LogP contribution in [0.5, 0.6) is 0 Å². The smallest absolute Gasteiger partial charge is 0.358 e. The highest BCUT2D eigenvalue weighted by Gasteiger charge is 2.43. The Balaban J connectivity index is 2.56. The first-order valence-electron chi connectivity index (χ1n) is 3.49. The van der Waals surface area contributed by atoms with E-state index in [1.165, 1.54) is 0 Å². The predicted octanol–water partition coefficient (Wildman–Crippen LogP) is 2.66. The molecule has 1 saturated carbocycles. The summed E-state index contributed by atoms with van der Waals surface area (Å²) in [6, 6.07) is 0. The van der Waals surface area contributed by atoms with Crippen LogP contribution in [0.1, 0.15) is 6.42 Å². The summed E-state index contributed by atoms with van der Waals surface area (Å²) < 4.78 is 24.5. The van der Waals surface area contributed by atoms with E-state index in [2.05, 4.69) is 11.6 Å². The van der Waals surface area contributed by atoms with E-state index in [0.29, 0.717) is 6.42 Å². The topological polar surface area (TPSA) is 37.3 Å². The van der Waals surface area contributed by atoms with Crippen LogP contribution in [-0.2, 0) is 4.79 Å². The van der Waals surface area contributed by atoms with Crippen LogP contribution in [0.2, 0.25) is 0 Å². The second kappa shape index (κ2) is 3.42. The minimum atomic E-state index is -3.59. The van der Waals surface area contributed by atoms with Crippen molar-refractivity contribution in [1.29, 1.82) is 0 Å². The molecule has 0 aromatic rings. The summed E-state index contributed by atoms with van der Waals surface area (Å²) in [6.07, 6.45) is 1.35. The second-order valence-electron chi connectivity index (χ2n) is 2.86. The molecule has 0 spiro atoms. The van der Waals surface area contributed by atoms with Crippen molar-refractivity contribution in [2.24, 2.45) is 11.8 Å². The number of carboxylic acids is 1. The lowest BCUT2D eigenvalue weighted by molar-refractivity contribution is -0.138. The van der Waals surface area contributed by atoms with Crippen molar-refractivity contribution in [3.63, 3.8) is 0 Å². The van der Waals surface area contributed by atoms with Gasteiger partial charge in [0.1, 0.15) is 0 Å². The Bertz CT molecular complexity index is 260. The van der Waals surface area contributed by atoms with Crippen molar-refractivity contribution in [3.05, 3.63) is 11.1 Å². The molecular formula is C7H6Cl2F2O2. The predicted molar refractivity (Wildman–Crippen MR) is 44.0 cm³/mol. The summed E-state index contributed by atoms with van der Waals surface area (Å²) in [4.78, 5) is 10.3. The first-order chi connectivity index (χ1) is 5.82. The monoisotopic (exact) mass is 230 g/mol. The average molecular weight is 231 g/mol. The number of allylic oxidation sites excluding steroid dienone is 2. The van der Waals surface area contributed by atoms with Gasteiger partial charge in [0.25, 0.3) is 0 Å². The molecule has 74 valence electrons. The maximum absolute atomic E-state index is 12.2. The highest BCUT2D eigenvalue weighted by Crippen LogP contribution is 2.43. The zero-order chi connectivity index (χ0) is 10.2. The number of rotatable bonds is 3. The zero-order valence-electron chi connectivity index (χ0n) is 6.31. The Morgan fingerprint density at radius 2 is 2.15 bits per heavy atom. The minimum absolute atomic E-state index is 0.346. The molecule has 1 aliphatic rings. The van der Waals surface area contributed by atoms with Gasteiger partial charge < -0.3 is 5.11 Å². The van der Waals surface area contributed by atoms with Gasteiger partial charge in [-0.1, -0.05) is 17.7 Å². The van der Waals surface area contributed by atoms with Gasteiger partial charge in [0.05, 0.1) is 11.0 Å². The highest BCUT2D eigenvalue weighted by atomic mass is 35.5. The summed E-state index contributed by atoms with van der Waals surface area (Å²) >= 11 is 9.75. The van der Waals surface area contributed by atoms with Crippen LogP contribution >= 0.6 is 23.2 Å². The lowest BCUT2D eigenvalue weighted by atomic mass is 10.3. The van der Waals surface area contributed by atoms with Crippen molar-refractivity contribution >= 4 is 29.2 Å². The summed E-state index contributed by atoms with van der Waals surface area (Å²) in [6.45, 7) is 0. The number of carbonyl (C=O) groups is 1. The van der Waals surface area contributed by atoms with E-state index in [1.807, 2.05) is 0 Å². The molecule has 0 bridgehead atoms. The molecule has 13 heavy (non-hydrogen) atoms. The van der Waals surface area contributed by atoms with Crippen molar-refractivity contribution in [2.75, 3.05) is 0 Å². The van der Waals surface area contributed by atoms with E-state index >= 15 is 0 Å². The Kier molecular flexibility index (Phi) is 2.82. The summed E-state index contributed by atoms with van der Waals surface area (Å²) in [7, 11) is 0. The Morgan fingerprint density at radius 1 is 1.62 bits per heavy atom. The van der Waals surface area contributed by atoms with Crippen LogP contribution < -0.4 is 0 Å². The Morgan fingerprint density at radius 3 is 2.46 bits per heavy atom. The van der Waals surface area contributed by atoms with Gasteiger partial charge in [0.15, 0.2) is 0 Å². The average Bonchev–Trinajstić information content (AvgIpc) is 2.64. The van der Waals surface area contributed by atoms with E-state index in [0.717, 1.165) is 6.08 Å². The van der Waals surface area contributed by atoms with E-state index in [9.17, 15) is 13.6 Å². The van der Waals surface area contributed by atoms with Crippen LogP contribution in [0, 0.1) is 11.8 Å². The molecule has 2 atom stereocenters. The first kappa shape index (κ1) is 10.7. The molecule has 6 heteroatoms. The fourth-order valence-electron chi connectivity index (χ4n) is 0.965. The highest BCUT2D eigenvalue weighted by molar-refractivity contribution is 6.38. The summed E-state index contributed by atoms with van der Waals surface area (Å²) in [5.41, 5.74) is 0. The standard InChI is InChI=1S/C7H6Cl2F2O2/c8-5(7(9,10)11)2-3-1-4(3)6(12)13/h2-4H,1H2,(H,12,13). The number of aliphatic carboxylic acids is 1. The molecule has 0 aromatic heterocycles. The van der Waals surface area contributed by atoms with Crippen LogP contribution in [0.15, 0.2) is 11.1 Å². The van der Waals surface area contributed by atoms with Gasteiger partial charge in [-0.25, -0.2) is 0 Å². The van der Waals surface area contributed by atoms with Gasteiger partial charge in [0.2, 0.25) is 0 Å². The van der Waals surface area contributed by atoms with Crippen molar-refractivity contribution < 1.29 is 18.7 Å². The molecule has 2 nitrogen and oxygen atoms in total. The number of halogens is 4. The van der Waals surface area contributed by atoms with Gasteiger partial charge in [-0.15, -0.1) is 0 Å². The Hall–Kier alpha value is -0.350. The third-order valence-electron chi connectivity index (χ3n) is 1.79. The molecule has 0 heterocycles. The van der Waals surface area contributed by atoms with Gasteiger partial charge in [-0.2, -0.15) is 8.78 Å². The maximum atomic E-state index is 12.2. The molecule has 1 aliphatic carbocycles. The van der Waals surface area contributed by atoms with Crippen LogP contribution in [0.4, 0.5) is 8.78 Å². The van der Waals surface area contributed by atoms with Crippen LogP contribution in [0.25, 0.3) is 0 Å². The van der Waals surface area contributed by atoms with E-state index < -0.39 is 28.2 Å². The summed E-state index contributed by atoms with van der Waals surface area (Å²) in [5, 5.41) is 4.05. The third kappa shape index (κ3) is 2.81. The van der Waals surface area contributed by atoms with Crippen molar-refractivity contribution in [2.45, 2.75) is 11.8 Å². The molecule has 1 rings (SSSR count). The van der Waals surface area contributed by atoms with E-state index in [4.69, 9.17) is 16.7 Å². The second-order valence-corrected chi connectivity index (χ2v) is 3.74. The normalized spacial score (nSPS) is 28.8. The maximum Gasteiger partial charge on any atom is 0.358 e. The number of hydrogen-bond acceptors (Lipinski definition) is 1. The quantitative estimate of drug-likeness (QED) is 0.758. The molecule has 1 fully saturated rings. The SMILES string of the molecule is O=C(O)C1CC1C=C(Cl)C(F)(F)Cl. The molecule has 2 unspecified atom stereocenters. The molecule has 1 N–H and O–H groups in total. The summed E-state index contributed by atoms with van der Waals surface area (Å²) in [5.74, 6) is -1.99. The number of alkyl halides is 3. The fraction of sp³-hybridized carbons (Fsp3) is 0.571. The lowest BCUT2D eigenvalue weighted by Gasteiger charge is -2.04. The van der Waals surface area contributed by atoms with Gasteiger partial charge in [-0.3, -0.25) is 4.79 Å². The number of carboxylic acid groups (broad SMARTS) is 1. The van der Waals surface area contributed by atoms with Crippen molar-refractivity contribution in [3.8, 4) is 0 Å². The van der Waals surface area contributed by atoms with Gasteiger partial charge >= 0.3 is 11.4 Å². The first-order valence-corrected chi connectivity index (χ1v) is 4.25. The molecule has 0 aromatic carbocycles. The Labute approximate surface area is 83.1 Å². The third-order valence-corrected chi connectivity index (χ3v) is 2.45. The molecule has 0 saturated heterocycles. The van der Waals surface area contributed by atoms with Gasteiger partial charge in [0, 0.05) is 0 Å². The lowest BCUT2D eigenvalue weighted by Crippen LogP contribution is -2.06. The van der Waals surface area contributed by atoms with Crippen LogP contribution in [0.3, 0.4) is 0 Å². The zero-order valence-corrected chi connectivity index (χ0v) is 7.82. The minimum Gasteiger partial charge on any atom is -0.481 e. The molecule has 0 aliphatic heterocycles. The molecule has 0 amide bonds. The fourth-order valence-corrected chi connectivity index (χ4v) is 1.19. The molecular weight excluding hydrogens is 225 g/mol. The number of hydrogen-bond donors (Lipinski definition) is 1. The molecule has 0 radical (unpaired) electrons. The van der Waals surface area contributed by atoms with Gasteiger partial charge in [-0.05, 0) is 23.9 Å². The van der Waals surface area contributed by atoms with E-state index in [1.54, 1.807) is 0 Å². The van der Waals surface area contributed by atoms with Crippen LogP contribution in [-0.4, -0.2) is 16.5 Å². The largest absolute Gasteiger partial charge is 0.481 e.